The van der Waals surface area contributed by atoms with E-state index in [-0.39, 0.29) is 5.54 Å². The first-order chi connectivity index (χ1) is 7.37. The average molecular weight is 243 g/mol. The summed E-state index contributed by atoms with van der Waals surface area (Å²) in [6.45, 7) is 9.33. The molecule has 1 nitrogen and oxygen atoms in total. The third-order valence-electron chi connectivity index (χ3n) is 4.15. The number of hydrogen-bond donors (Lipinski definition) is 1. The second kappa shape index (κ2) is 5.77. The minimum atomic E-state index is 0.157. The molecular weight excluding hydrogens is 214 g/mol. The van der Waals surface area contributed by atoms with Gasteiger partial charge >= 0.3 is 0 Å². The van der Waals surface area contributed by atoms with Crippen molar-refractivity contribution in [2.24, 2.45) is 17.1 Å². The molecule has 0 saturated heterocycles. The van der Waals surface area contributed by atoms with Crippen molar-refractivity contribution in [3.63, 3.8) is 0 Å². The fourth-order valence-electron chi connectivity index (χ4n) is 2.73. The van der Waals surface area contributed by atoms with E-state index >= 15 is 0 Å². The largest absolute Gasteiger partial charge is 0.325 e. The van der Waals surface area contributed by atoms with E-state index in [1.807, 2.05) is 11.8 Å². The molecule has 96 valence electrons. The Bertz CT molecular complexity index is 199. The molecule has 2 N–H and O–H groups in total. The first kappa shape index (κ1) is 14.4. The Morgan fingerprint density at radius 3 is 2.25 bits per heavy atom. The summed E-state index contributed by atoms with van der Waals surface area (Å²) < 4.78 is 0. The zero-order chi connectivity index (χ0) is 12.2. The maximum Gasteiger partial charge on any atom is 0.0162 e. The van der Waals surface area contributed by atoms with Gasteiger partial charge in [-0.15, -0.1) is 0 Å². The van der Waals surface area contributed by atoms with E-state index < -0.39 is 0 Å². The van der Waals surface area contributed by atoms with Gasteiger partial charge in [0.25, 0.3) is 0 Å². The van der Waals surface area contributed by atoms with Crippen LogP contribution in [0.4, 0.5) is 0 Å². The summed E-state index contributed by atoms with van der Waals surface area (Å²) in [7, 11) is 0. The molecular formula is C14H29NS. The summed E-state index contributed by atoms with van der Waals surface area (Å²) >= 11 is 2.03. The minimum absolute atomic E-state index is 0.157. The summed E-state index contributed by atoms with van der Waals surface area (Å²) in [6, 6.07) is 0. The highest BCUT2D eigenvalue weighted by Gasteiger charge is 2.35. The molecule has 0 amide bonds. The van der Waals surface area contributed by atoms with Gasteiger partial charge in [-0.2, -0.15) is 11.8 Å². The molecule has 0 bridgehead atoms. The molecule has 0 aromatic rings. The third kappa shape index (κ3) is 4.29. The molecule has 16 heavy (non-hydrogen) atoms. The van der Waals surface area contributed by atoms with Crippen molar-refractivity contribution in [3.05, 3.63) is 0 Å². The van der Waals surface area contributed by atoms with E-state index in [1.54, 1.807) is 0 Å². The first-order valence-corrected chi connectivity index (χ1v) is 7.89. The molecule has 0 atom stereocenters. The van der Waals surface area contributed by atoms with Crippen LogP contribution in [0.25, 0.3) is 0 Å². The second-order valence-corrected chi connectivity index (χ2v) is 7.84. The van der Waals surface area contributed by atoms with Crippen LogP contribution in [0.2, 0.25) is 0 Å². The van der Waals surface area contributed by atoms with Gasteiger partial charge in [0.05, 0.1) is 0 Å². The van der Waals surface area contributed by atoms with Gasteiger partial charge in [-0.25, -0.2) is 0 Å². The van der Waals surface area contributed by atoms with Crippen LogP contribution in [0.3, 0.4) is 0 Å². The molecule has 1 aliphatic rings. The van der Waals surface area contributed by atoms with Crippen molar-refractivity contribution in [3.8, 4) is 0 Å². The fourth-order valence-corrected chi connectivity index (χ4v) is 3.57. The third-order valence-corrected chi connectivity index (χ3v) is 5.06. The maximum absolute atomic E-state index is 6.49. The van der Waals surface area contributed by atoms with Crippen LogP contribution in [0, 0.1) is 11.3 Å². The van der Waals surface area contributed by atoms with Crippen LogP contribution in [0.5, 0.6) is 0 Å². The van der Waals surface area contributed by atoms with Crippen molar-refractivity contribution in [2.45, 2.75) is 65.3 Å². The molecule has 0 spiro atoms. The van der Waals surface area contributed by atoms with Gasteiger partial charge in [-0.1, -0.05) is 27.7 Å². The Hall–Kier alpha value is 0.310. The van der Waals surface area contributed by atoms with Gasteiger partial charge in [0, 0.05) is 5.54 Å². The van der Waals surface area contributed by atoms with Gasteiger partial charge in [-0.3, -0.25) is 0 Å². The van der Waals surface area contributed by atoms with Crippen molar-refractivity contribution in [1.29, 1.82) is 0 Å². The predicted octanol–water partition coefficient (Wildman–Crippen LogP) is 4.06. The predicted molar refractivity (Wildman–Crippen MR) is 75.9 cm³/mol. The second-order valence-electron chi connectivity index (χ2n) is 6.45. The standard InChI is InChI=1S/C14H29NS/c1-5-16-11-10-14(15)8-6-12(7-9-14)13(2,3)4/h12H,5-11,15H2,1-4H3. The Balaban J connectivity index is 2.35. The zero-order valence-electron chi connectivity index (χ0n) is 11.5. The number of hydrogen-bond acceptors (Lipinski definition) is 2. The van der Waals surface area contributed by atoms with Crippen LogP contribution in [0.15, 0.2) is 0 Å². The SMILES string of the molecule is CCSCCC1(N)CCC(C(C)(C)C)CC1. The van der Waals surface area contributed by atoms with Crippen molar-refractivity contribution in [2.75, 3.05) is 11.5 Å². The topological polar surface area (TPSA) is 26.0 Å². The zero-order valence-corrected chi connectivity index (χ0v) is 12.3. The van der Waals surface area contributed by atoms with Crippen LogP contribution < -0.4 is 5.73 Å². The molecule has 1 aliphatic carbocycles. The summed E-state index contributed by atoms with van der Waals surface area (Å²) in [5.74, 6) is 3.34. The molecule has 0 aromatic heterocycles. The molecule has 1 saturated carbocycles. The van der Waals surface area contributed by atoms with Gasteiger partial charge in [-0.05, 0) is 54.9 Å². The van der Waals surface area contributed by atoms with Crippen molar-refractivity contribution >= 4 is 11.8 Å². The van der Waals surface area contributed by atoms with Crippen LogP contribution in [-0.4, -0.2) is 17.0 Å². The molecule has 0 unspecified atom stereocenters. The summed E-state index contributed by atoms with van der Waals surface area (Å²) in [6.07, 6.45) is 6.34. The lowest BCUT2D eigenvalue weighted by molar-refractivity contribution is 0.132. The van der Waals surface area contributed by atoms with Gasteiger partial charge < -0.3 is 5.73 Å². The van der Waals surface area contributed by atoms with Crippen LogP contribution in [0.1, 0.15) is 59.8 Å². The molecule has 0 aromatic carbocycles. The lowest BCUT2D eigenvalue weighted by atomic mass is 9.67. The Labute approximate surface area is 106 Å². The first-order valence-electron chi connectivity index (χ1n) is 6.74. The van der Waals surface area contributed by atoms with Crippen LogP contribution in [-0.2, 0) is 0 Å². The monoisotopic (exact) mass is 243 g/mol. The highest BCUT2D eigenvalue weighted by Crippen LogP contribution is 2.41. The lowest BCUT2D eigenvalue weighted by Gasteiger charge is -2.42. The van der Waals surface area contributed by atoms with E-state index in [1.165, 1.54) is 43.6 Å². The minimum Gasteiger partial charge on any atom is -0.325 e. The van der Waals surface area contributed by atoms with Crippen molar-refractivity contribution in [1.82, 2.24) is 0 Å². The number of nitrogens with two attached hydrogens (primary N) is 1. The number of rotatable bonds is 4. The van der Waals surface area contributed by atoms with E-state index in [4.69, 9.17) is 5.73 Å². The van der Waals surface area contributed by atoms with E-state index in [0.29, 0.717) is 5.41 Å². The molecule has 0 aliphatic heterocycles. The van der Waals surface area contributed by atoms with E-state index in [9.17, 15) is 0 Å². The lowest BCUT2D eigenvalue weighted by Crippen LogP contribution is -2.45. The number of thioether (sulfide) groups is 1. The van der Waals surface area contributed by atoms with Gasteiger partial charge in [0.15, 0.2) is 0 Å². The summed E-state index contributed by atoms with van der Waals surface area (Å²) in [4.78, 5) is 0. The van der Waals surface area contributed by atoms with Gasteiger partial charge in [0.2, 0.25) is 0 Å². The van der Waals surface area contributed by atoms with E-state index in [2.05, 4.69) is 27.7 Å². The molecule has 2 heteroatoms. The highest BCUT2D eigenvalue weighted by molar-refractivity contribution is 7.99. The molecule has 1 rings (SSSR count). The molecule has 0 radical (unpaired) electrons. The highest BCUT2D eigenvalue weighted by atomic mass is 32.2. The maximum atomic E-state index is 6.49. The Morgan fingerprint density at radius 2 is 1.81 bits per heavy atom. The smallest absolute Gasteiger partial charge is 0.0162 e. The van der Waals surface area contributed by atoms with Crippen molar-refractivity contribution < 1.29 is 0 Å². The normalized spacial score (nSPS) is 31.7. The summed E-state index contributed by atoms with van der Waals surface area (Å²) in [5.41, 5.74) is 7.12. The molecule has 0 heterocycles. The van der Waals surface area contributed by atoms with E-state index in [0.717, 1.165) is 5.92 Å². The quantitative estimate of drug-likeness (QED) is 0.753. The Morgan fingerprint density at radius 1 is 1.25 bits per heavy atom. The Kier molecular flexibility index (Phi) is 5.18. The van der Waals surface area contributed by atoms with Crippen LogP contribution >= 0.6 is 11.8 Å². The summed E-state index contributed by atoms with van der Waals surface area (Å²) in [5, 5.41) is 0. The van der Waals surface area contributed by atoms with Gasteiger partial charge in [0.1, 0.15) is 0 Å². The molecule has 1 fully saturated rings. The fraction of sp³-hybridized carbons (Fsp3) is 1.00. The average Bonchev–Trinajstić information content (AvgIpc) is 2.17.